The Balaban J connectivity index is 1.70. The molecule has 1 saturated carbocycles. The van der Waals surface area contributed by atoms with Crippen LogP contribution in [0.4, 0.5) is 8.78 Å². The third-order valence-corrected chi connectivity index (χ3v) is 4.74. The van der Waals surface area contributed by atoms with Gasteiger partial charge in [-0.2, -0.15) is 0 Å². The SMILES string of the molecule is CC1CC(CNC(=O)c2c[nH]c3cccc(Cl)c23)CC(F)(F)C1. The number of rotatable bonds is 3. The van der Waals surface area contributed by atoms with Gasteiger partial charge in [-0.15, -0.1) is 0 Å². The lowest BCUT2D eigenvalue weighted by molar-refractivity contribution is -0.0685. The number of fused-ring (bicyclic) bond motifs is 1. The monoisotopic (exact) mass is 340 g/mol. The molecular formula is C17H19ClF2N2O. The van der Waals surface area contributed by atoms with Gasteiger partial charge in [0, 0.05) is 36.5 Å². The predicted octanol–water partition coefficient (Wildman–Crippen LogP) is 4.62. The fraction of sp³-hybridized carbons (Fsp3) is 0.471. The third kappa shape index (κ3) is 3.50. The maximum atomic E-state index is 13.6. The summed E-state index contributed by atoms with van der Waals surface area (Å²) >= 11 is 6.15. The Morgan fingerprint density at radius 1 is 1.43 bits per heavy atom. The van der Waals surface area contributed by atoms with E-state index in [2.05, 4.69) is 10.3 Å². The van der Waals surface area contributed by atoms with Crippen LogP contribution in [0.3, 0.4) is 0 Å². The molecule has 2 unspecified atom stereocenters. The predicted molar refractivity (Wildman–Crippen MR) is 87.1 cm³/mol. The molecule has 0 saturated heterocycles. The van der Waals surface area contributed by atoms with Crippen LogP contribution >= 0.6 is 11.6 Å². The van der Waals surface area contributed by atoms with Crippen molar-refractivity contribution in [2.75, 3.05) is 6.54 Å². The van der Waals surface area contributed by atoms with Crippen LogP contribution in [0, 0.1) is 11.8 Å². The summed E-state index contributed by atoms with van der Waals surface area (Å²) in [7, 11) is 0. The molecule has 1 aliphatic rings. The van der Waals surface area contributed by atoms with Gasteiger partial charge in [0.05, 0.1) is 10.6 Å². The Kier molecular flexibility index (Phi) is 4.32. The van der Waals surface area contributed by atoms with Gasteiger partial charge in [0.2, 0.25) is 5.92 Å². The number of aromatic nitrogens is 1. The number of carbonyl (C=O) groups is 1. The topological polar surface area (TPSA) is 44.9 Å². The van der Waals surface area contributed by atoms with Gasteiger partial charge in [0.1, 0.15) is 0 Å². The first kappa shape index (κ1) is 16.2. The van der Waals surface area contributed by atoms with Crippen molar-refractivity contribution in [3.05, 3.63) is 35.0 Å². The number of nitrogens with one attached hydrogen (secondary N) is 2. The lowest BCUT2D eigenvalue weighted by atomic mass is 9.80. The van der Waals surface area contributed by atoms with E-state index >= 15 is 0 Å². The summed E-state index contributed by atoms with van der Waals surface area (Å²) in [5, 5.41) is 3.94. The molecule has 1 amide bonds. The molecule has 3 nitrogen and oxygen atoms in total. The zero-order valence-corrected chi connectivity index (χ0v) is 13.6. The van der Waals surface area contributed by atoms with Crippen LogP contribution in [-0.2, 0) is 0 Å². The molecule has 1 heterocycles. The van der Waals surface area contributed by atoms with Gasteiger partial charge in [0.25, 0.3) is 5.91 Å². The highest BCUT2D eigenvalue weighted by Crippen LogP contribution is 2.39. The van der Waals surface area contributed by atoms with E-state index in [4.69, 9.17) is 11.6 Å². The van der Waals surface area contributed by atoms with Crippen LogP contribution in [0.5, 0.6) is 0 Å². The molecule has 1 aliphatic carbocycles. The first-order valence-electron chi connectivity index (χ1n) is 7.77. The van der Waals surface area contributed by atoms with Crippen molar-refractivity contribution < 1.29 is 13.6 Å². The van der Waals surface area contributed by atoms with Gasteiger partial charge in [-0.25, -0.2) is 8.78 Å². The van der Waals surface area contributed by atoms with Crippen molar-refractivity contribution in [1.29, 1.82) is 0 Å². The summed E-state index contributed by atoms with van der Waals surface area (Å²) in [5.74, 6) is -3.13. The second kappa shape index (κ2) is 6.11. The Morgan fingerprint density at radius 3 is 2.96 bits per heavy atom. The summed E-state index contributed by atoms with van der Waals surface area (Å²) in [6, 6.07) is 5.35. The molecule has 23 heavy (non-hydrogen) atoms. The Labute approximate surface area is 138 Å². The molecule has 0 bridgehead atoms. The Hall–Kier alpha value is -1.62. The zero-order chi connectivity index (χ0) is 16.6. The summed E-state index contributed by atoms with van der Waals surface area (Å²) < 4.78 is 27.3. The van der Waals surface area contributed by atoms with E-state index < -0.39 is 5.92 Å². The van der Waals surface area contributed by atoms with Gasteiger partial charge in [-0.05, 0) is 30.4 Å². The van der Waals surface area contributed by atoms with E-state index in [1.165, 1.54) is 0 Å². The number of amides is 1. The molecule has 1 fully saturated rings. The van der Waals surface area contributed by atoms with Crippen molar-refractivity contribution in [2.24, 2.45) is 11.8 Å². The minimum atomic E-state index is -2.63. The van der Waals surface area contributed by atoms with E-state index in [1.807, 2.05) is 13.0 Å². The van der Waals surface area contributed by atoms with E-state index in [0.717, 1.165) is 5.52 Å². The number of halogens is 3. The zero-order valence-electron chi connectivity index (χ0n) is 12.8. The number of benzene rings is 1. The highest BCUT2D eigenvalue weighted by atomic mass is 35.5. The molecular weight excluding hydrogens is 322 g/mol. The van der Waals surface area contributed by atoms with Crippen molar-refractivity contribution in [3.63, 3.8) is 0 Å². The maximum Gasteiger partial charge on any atom is 0.253 e. The largest absolute Gasteiger partial charge is 0.360 e. The van der Waals surface area contributed by atoms with E-state index in [0.29, 0.717) is 22.4 Å². The van der Waals surface area contributed by atoms with Gasteiger partial charge >= 0.3 is 0 Å². The second-order valence-electron chi connectivity index (χ2n) is 6.55. The highest BCUT2D eigenvalue weighted by Gasteiger charge is 2.39. The molecule has 2 aromatic rings. The first-order valence-corrected chi connectivity index (χ1v) is 8.15. The smallest absolute Gasteiger partial charge is 0.253 e. The Bertz CT molecular complexity index is 728. The fourth-order valence-electron chi connectivity index (χ4n) is 3.56. The number of hydrogen-bond donors (Lipinski definition) is 2. The molecule has 124 valence electrons. The number of H-pyrrole nitrogens is 1. The van der Waals surface area contributed by atoms with Crippen LogP contribution in [0.2, 0.25) is 5.02 Å². The van der Waals surface area contributed by atoms with Crippen molar-refractivity contribution >= 4 is 28.4 Å². The lowest BCUT2D eigenvalue weighted by Crippen LogP contribution is -2.37. The van der Waals surface area contributed by atoms with E-state index in [9.17, 15) is 13.6 Å². The number of aromatic amines is 1. The molecule has 3 rings (SSSR count). The van der Waals surface area contributed by atoms with Gasteiger partial charge in [-0.1, -0.05) is 24.6 Å². The van der Waals surface area contributed by atoms with Gasteiger partial charge < -0.3 is 10.3 Å². The minimum Gasteiger partial charge on any atom is -0.360 e. The van der Waals surface area contributed by atoms with Gasteiger partial charge in [-0.3, -0.25) is 4.79 Å². The normalized spacial score (nSPS) is 23.8. The minimum absolute atomic E-state index is 0.0248. The van der Waals surface area contributed by atoms with Crippen LogP contribution < -0.4 is 5.32 Å². The van der Waals surface area contributed by atoms with E-state index in [-0.39, 0.29) is 37.1 Å². The van der Waals surface area contributed by atoms with Crippen molar-refractivity contribution in [2.45, 2.75) is 32.1 Å². The van der Waals surface area contributed by atoms with Crippen LogP contribution in [0.25, 0.3) is 10.9 Å². The summed E-state index contributed by atoms with van der Waals surface area (Å²) in [5.41, 5.74) is 1.22. The number of alkyl halides is 2. The lowest BCUT2D eigenvalue weighted by Gasteiger charge is -2.33. The van der Waals surface area contributed by atoms with Crippen molar-refractivity contribution in [1.82, 2.24) is 10.3 Å². The number of hydrogen-bond acceptors (Lipinski definition) is 1. The fourth-order valence-corrected chi connectivity index (χ4v) is 3.83. The van der Waals surface area contributed by atoms with Crippen LogP contribution in [-0.4, -0.2) is 23.4 Å². The second-order valence-corrected chi connectivity index (χ2v) is 6.95. The highest BCUT2D eigenvalue weighted by molar-refractivity contribution is 6.36. The molecule has 1 aromatic heterocycles. The molecule has 1 aromatic carbocycles. The number of carbonyl (C=O) groups excluding carboxylic acids is 1. The standard InChI is InChI=1S/C17H19ClF2N2O/c1-10-5-11(7-17(19,20)6-10)8-22-16(23)12-9-21-14-4-2-3-13(18)15(12)14/h2-4,9-11,21H,5-8H2,1H3,(H,22,23). The molecule has 2 atom stereocenters. The van der Waals surface area contributed by atoms with Crippen LogP contribution in [0.15, 0.2) is 24.4 Å². The average Bonchev–Trinajstić information content (AvgIpc) is 2.88. The molecule has 6 heteroatoms. The maximum absolute atomic E-state index is 13.6. The summed E-state index contributed by atoms with van der Waals surface area (Å²) in [6.45, 7) is 2.09. The average molecular weight is 341 g/mol. The summed E-state index contributed by atoms with van der Waals surface area (Å²) in [4.78, 5) is 15.4. The summed E-state index contributed by atoms with van der Waals surface area (Å²) in [6.07, 6.45) is 2.09. The van der Waals surface area contributed by atoms with Crippen LogP contribution in [0.1, 0.15) is 36.5 Å². The molecule has 0 spiro atoms. The first-order chi connectivity index (χ1) is 10.9. The molecule has 0 aliphatic heterocycles. The Morgan fingerprint density at radius 2 is 2.22 bits per heavy atom. The van der Waals surface area contributed by atoms with Gasteiger partial charge in [0.15, 0.2) is 0 Å². The van der Waals surface area contributed by atoms with Crippen molar-refractivity contribution in [3.8, 4) is 0 Å². The third-order valence-electron chi connectivity index (χ3n) is 4.42. The molecule has 2 N–H and O–H groups in total. The quantitative estimate of drug-likeness (QED) is 0.841. The van der Waals surface area contributed by atoms with E-state index in [1.54, 1.807) is 18.3 Å². The molecule has 0 radical (unpaired) electrons.